The number of nitrogens with one attached hydrogen (secondary N) is 2. The van der Waals surface area contributed by atoms with Gasteiger partial charge in [-0.15, -0.1) is 10.2 Å². The lowest BCUT2D eigenvalue weighted by atomic mass is 10.2. The highest BCUT2D eigenvalue weighted by atomic mass is 35.5. The van der Waals surface area contributed by atoms with Crippen molar-refractivity contribution in [3.8, 4) is 17.1 Å². The van der Waals surface area contributed by atoms with Crippen molar-refractivity contribution in [3.05, 3.63) is 89.7 Å². The number of para-hydroxylation sites is 1. The maximum atomic E-state index is 12.3. The number of hydrogen-bond donors (Lipinski definition) is 2. The van der Waals surface area contributed by atoms with E-state index in [0.29, 0.717) is 21.6 Å². The van der Waals surface area contributed by atoms with Gasteiger partial charge in [0.2, 0.25) is 5.91 Å². The van der Waals surface area contributed by atoms with Gasteiger partial charge in [0.25, 0.3) is 5.91 Å². The molecule has 4 aromatic rings. The minimum Gasteiger partial charge on any atom is -0.272 e. The first-order valence-electron chi connectivity index (χ1n) is 9.50. The van der Waals surface area contributed by atoms with E-state index in [1.165, 1.54) is 11.8 Å². The zero-order chi connectivity index (χ0) is 22.3. The third kappa shape index (κ3) is 5.13. The molecule has 10 heteroatoms. The second-order valence-electron chi connectivity index (χ2n) is 6.52. The van der Waals surface area contributed by atoms with E-state index in [4.69, 9.17) is 11.6 Å². The van der Waals surface area contributed by atoms with Crippen molar-refractivity contribution < 1.29 is 9.59 Å². The van der Waals surface area contributed by atoms with E-state index in [0.717, 1.165) is 11.3 Å². The number of halogens is 1. The standard InChI is InChI=1S/C22H17ClN6O2S/c23-17-10-8-15(9-11-17)21(31)27-25-19(30)14-32-22-28-26-20(16-5-4-12-24-13-16)29(22)18-6-2-1-3-7-18/h1-13H,14H2,(H,25,30)(H,27,31). The Morgan fingerprint density at radius 3 is 2.44 bits per heavy atom. The smallest absolute Gasteiger partial charge is 0.269 e. The first-order valence-corrected chi connectivity index (χ1v) is 10.9. The summed E-state index contributed by atoms with van der Waals surface area (Å²) >= 11 is 7.02. The number of carbonyl (C=O) groups excluding carboxylic acids is 2. The fraction of sp³-hybridized carbons (Fsp3) is 0.0455. The molecule has 0 aliphatic heterocycles. The maximum absolute atomic E-state index is 12.3. The van der Waals surface area contributed by atoms with Crippen LogP contribution in [0.2, 0.25) is 5.02 Å². The van der Waals surface area contributed by atoms with Gasteiger partial charge in [-0.05, 0) is 48.5 Å². The van der Waals surface area contributed by atoms with Crippen molar-refractivity contribution in [1.29, 1.82) is 0 Å². The first kappa shape index (κ1) is 21.5. The summed E-state index contributed by atoms with van der Waals surface area (Å²) in [5.41, 5.74) is 6.83. The van der Waals surface area contributed by atoms with Crippen LogP contribution in [-0.2, 0) is 4.79 Å². The normalized spacial score (nSPS) is 10.5. The van der Waals surface area contributed by atoms with Gasteiger partial charge in [-0.25, -0.2) is 0 Å². The number of aromatic nitrogens is 4. The minimum atomic E-state index is -0.439. The zero-order valence-electron chi connectivity index (χ0n) is 16.6. The Morgan fingerprint density at radius 1 is 0.938 bits per heavy atom. The van der Waals surface area contributed by atoms with E-state index in [-0.39, 0.29) is 11.7 Å². The summed E-state index contributed by atoms with van der Waals surface area (Å²) in [5.74, 6) is -0.184. The molecule has 2 N–H and O–H groups in total. The summed E-state index contributed by atoms with van der Waals surface area (Å²) in [5, 5.41) is 9.62. The van der Waals surface area contributed by atoms with Crippen LogP contribution >= 0.6 is 23.4 Å². The number of pyridine rings is 1. The fourth-order valence-electron chi connectivity index (χ4n) is 2.82. The van der Waals surface area contributed by atoms with Crippen LogP contribution in [0.4, 0.5) is 0 Å². The second-order valence-corrected chi connectivity index (χ2v) is 7.90. The lowest BCUT2D eigenvalue weighted by Gasteiger charge is -2.10. The van der Waals surface area contributed by atoms with Crippen LogP contribution in [0.1, 0.15) is 10.4 Å². The number of nitrogens with zero attached hydrogens (tertiary/aromatic N) is 4. The quantitative estimate of drug-likeness (QED) is 0.334. The Kier molecular flexibility index (Phi) is 6.78. The molecule has 0 unspecified atom stereocenters. The lowest BCUT2D eigenvalue weighted by Crippen LogP contribution is -2.42. The van der Waals surface area contributed by atoms with Gasteiger partial charge < -0.3 is 0 Å². The average Bonchev–Trinajstić information content (AvgIpc) is 3.27. The molecule has 0 radical (unpaired) electrons. The third-order valence-corrected chi connectivity index (χ3v) is 5.50. The predicted molar refractivity (Wildman–Crippen MR) is 122 cm³/mol. The molecule has 0 aliphatic carbocycles. The van der Waals surface area contributed by atoms with E-state index in [2.05, 4.69) is 26.0 Å². The molecular formula is C22H17ClN6O2S. The predicted octanol–water partition coefficient (Wildman–Crippen LogP) is 3.54. The van der Waals surface area contributed by atoms with E-state index >= 15 is 0 Å². The summed E-state index contributed by atoms with van der Waals surface area (Å²) in [6.45, 7) is 0. The number of carbonyl (C=O) groups is 2. The fourth-order valence-corrected chi connectivity index (χ4v) is 3.70. The molecule has 0 atom stereocenters. The molecule has 2 amide bonds. The summed E-state index contributed by atoms with van der Waals surface area (Å²) in [6.07, 6.45) is 3.39. The number of thioether (sulfide) groups is 1. The highest BCUT2D eigenvalue weighted by Crippen LogP contribution is 2.27. The third-order valence-electron chi connectivity index (χ3n) is 4.32. The lowest BCUT2D eigenvalue weighted by molar-refractivity contribution is -0.119. The molecule has 2 aromatic carbocycles. The molecule has 32 heavy (non-hydrogen) atoms. The maximum Gasteiger partial charge on any atom is 0.269 e. The molecule has 160 valence electrons. The largest absolute Gasteiger partial charge is 0.272 e. The van der Waals surface area contributed by atoms with Crippen molar-refractivity contribution in [3.63, 3.8) is 0 Å². The monoisotopic (exact) mass is 464 g/mol. The molecule has 0 saturated heterocycles. The number of amides is 2. The van der Waals surface area contributed by atoms with Gasteiger partial charge >= 0.3 is 0 Å². The molecule has 0 fully saturated rings. The summed E-state index contributed by atoms with van der Waals surface area (Å²) in [4.78, 5) is 28.6. The Labute approximate surface area is 193 Å². The van der Waals surface area contributed by atoms with Gasteiger partial charge in [-0.1, -0.05) is 41.6 Å². The van der Waals surface area contributed by atoms with Gasteiger partial charge in [0.05, 0.1) is 5.75 Å². The van der Waals surface area contributed by atoms with Crippen LogP contribution in [0.15, 0.2) is 84.3 Å². The van der Waals surface area contributed by atoms with Crippen molar-refractivity contribution >= 4 is 35.2 Å². The van der Waals surface area contributed by atoms with Crippen LogP contribution in [0, 0.1) is 0 Å². The molecule has 0 bridgehead atoms. The van der Waals surface area contributed by atoms with Crippen LogP contribution in [0.3, 0.4) is 0 Å². The average molecular weight is 465 g/mol. The van der Waals surface area contributed by atoms with Gasteiger partial charge in [0, 0.05) is 34.2 Å². The van der Waals surface area contributed by atoms with E-state index < -0.39 is 5.91 Å². The van der Waals surface area contributed by atoms with Crippen molar-refractivity contribution in [2.45, 2.75) is 5.16 Å². The summed E-state index contributed by atoms with van der Waals surface area (Å²) in [7, 11) is 0. The number of benzene rings is 2. The van der Waals surface area contributed by atoms with E-state index in [1.54, 1.807) is 36.7 Å². The highest BCUT2D eigenvalue weighted by molar-refractivity contribution is 7.99. The number of hydrogen-bond acceptors (Lipinski definition) is 6. The Balaban J connectivity index is 1.45. The number of rotatable bonds is 6. The molecule has 4 rings (SSSR count). The van der Waals surface area contributed by atoms with Crippen molar-refractivity contribution in [1.82, 2.24) is 30.6 Å². The van der Waals surface area contributed by atoms with E-state index in [1.807, 2.05) is 47.0 Å². The SMILES string of the molecule is O=C(CSc1nnc(-c2cccnc2)n1-c1ccccc1)NNC(=O)c1ccc(Cl)cc1. The minimum absolute atomic E-state index is 0.0267. The van der Waals surface area contributed by atoms with E-state index in [9.17, 15) is 9.59 Å². The topological polar surface area (TPSA) is 102 Å². The molecule has 0 saturated carbocycles. The van der Waals surface area contributed by atoms with Gasteiger partial charge in [0.15, 0.2) is 11.0 Å². The van der Waals surface area contributed by atoms with Crippen LogP contribution in [0.25, 0.3) is 17.1 Å². The molecule has 0 aliphatic rings. The Bertz CT molecular complexity index is 1220. The second kappa shape index (κ2) is 10.1. The highest BCUT2D eigenvalue weighted by Gasteiger charge is 2.17. The van der Waals surface area contributed by atoms with Crippen LogP contribution in [-0.4, -0.2) is 37.3 Å². The molecular weight excluding hydrogens is 448 g/mol. The summed E-state index contributed by atoms with van der Waals surface area (Å²) < 4.78 is 1.86. The van der Waals surface area contributed by atoms with Crippen molar-refractivity contribution in [2.24, 2.45) is 0 Å². The molecule has 8 nitrogen and oxygen atoms in total. The summed E-state index contributed by atoms with van der Waals surface area (Å²) in [6, 6.07) is 19.7. The number of hydrazine groups is 1. The first-order chi connectivity index (χ1) is 15.6. The molecule has 0 spiro atoms. The Hall–Kier alpha value is -3.69. The molecule has 2 aromatic heterocycles. The van der Waals surface area contributed by atoms with Crippen molar-refractivity contribution in [2.75, 3.05) is 5.75 Å². The van der Waals surface area contributed by atoms with Gasteiger partial charge in [0.1, 0.15) is 0 Å². The van der Waals surface area contributed by atoms with Crippen LogP contribution < -0.4 is 10.9 Å². The zero-order valence-corrected chi connectivity index (χ0v) is 18.2. The van der Waals surface area contributed by atoms with Gasteiger partial charge in [-0.3, -0.25) is 30.0 Å². The van der Waals surface area contributed by atoms with Gasteiger partial charge in [-0.2, -0.15) is 0 Å². The van der Waals surface area contributed by atoms with Crippen LogP contribution in [0.5, 0.6) is 0 Å². The Morgan fingerprint density at radius 2 is 1.72 bits per heavy atom. The molecule has 2 heterocycles.